The van der Waals surface area contributed by atoms with Gasteiger partial charge in [-0.15, -0.1) is 0 Å². The molecule has 112 valence electrons. The Balaban J connectivity index is 2.32. The molecule has 1 aromatic heterocycles. The fraction of sp³-hybridized carbons (Fsp3) is 0.353. The maximum Gasteiger partial charge on any atom is 0.151 e. The molecule has 21 heavy (non-hydrogen) atoms. The summed E-state index contributed by atoms with van der Waals surface area (Å²) in [5.74, 6) is 0.830. The molecule has 2 aromatic rings. The molecule has 0 aliphatic carbocycles. The third-order valence-electron chi connectivity index (χ3n) is 3.32. The first-order valence-electron chi connectivity index (χ1n) is 7.38. The normalized spacial score (nSPS) is 10.6. The average Bonchev–Trinajstić information content (AvgIpc) is 2.51. The molecule has 0 saturated heterocycles. The molecule has 0 amide bonds. The zero-order valence-electron chi connectivity index (χ0n) is 12.6. The highest BCUT2D eigenvalue weighted by molar-refractivity contribution is 6.33. The Kier molecular flexibility index (Phi) is 6.03. The molecule has 1 N–H and O–H groups in total. The molecule has 0 aliphatic heterocycles. The van der Waals surface area contributed by atoms with Gasteiger partial charge in [-0.1, -0.05) is 43.1 Å². The Morgan fingerprint density at radius 2 is 2.00 bits per heavy atom. The summed E-state index contributed by atoms with van der Waals surface area (Å²) in [6, 6.07) is 12.3. The van der Waals surface area contributed by atoms with E-state index in [2.05, 4.69) is 34.3 Å². The number of para-hydroxylation sites is 1. The molecule has 0 bridgehead atoms. The number of unbranched alkanes of at least 4 members (excludes halogenated alkanes) is 1. The van der Waals surface area contributed by atoms with Crippen molar-refractivity contribution in [2.75, 3.05) is 18.5 Å². The maximum atomic E-state index is 6.46. The van der Waals surface area contributed by atoms with E-state index in [1.807, 2.05) is 37.5 Å². The van der Waals surface area contributed by atoms with E-state index in [9.17, 15) is 0 Å². The third-order valence-corrected chi connectivity index (χ3v) is 3.60. The molecular weight excluding hydrogens is 282 g/mol. The van der Waals surface area contributed by atoms with Crippen molar-refractivity contribution in [2.24, 2.45) is 0 Å². The van der Waals surface area contributed by atoms with Gasteiger partial charge in [-0.2, -0.15) is 0 Å². The van der Waals surface area contributed by atoms with E-state index in [1.54, 1.807) is 0 Å². The van der Waals surface area contributed by atoms with Gasteiger partial charge in [0.2, 0.25) is 0 Å². The van der Waals surface area contributed by atoms with Crippen molar-refractivity contribution in [2.45, 2.75) is 26.3 Å². The Labute approximate surface area is 132 Å². The number of aromatic nitrogens is 1. The van der Waals surface area contributed by atoms with Gasteiger partial charge in [0, 0.05) is 25.0 Å². The molecule has 0 radical (unpaired) electrons. The van der Waals surface area contributed by atoms with Gasteiger partial charge >= 0.3 is 0 Å². The lowest BCUT2D eigenvalue weighted by atomic mass is 10.2. The summed E-state index contributed by atoms with van der Waals surface area (Å²) in [4.78, 5) is 6.77. The summed E-state index contributed by atoms with van der Waals surface area (Å²) in [5, 5.41) is 3.81. The first kappa shape index (κ1) is 15.8. The smallest absolute Gasteiger partial charge is 0.151 e. The Hall–Kier alpha value is -1.58. The SMILES string of the molecule is CCCCN(c1ccccc1)c1ncc(CNC)cc1Cl. The predicted molar refractivity (Wildman–Crippen MR) is 90.4 cm³/mol. The number of rotatable bonds is 7. The van der Waals surface area contributed by atoms with Crippen molar-refractivity contribution in [3.63, 3.8) is 0 Å². The first-order valence-corrected chi connectivity index (χ1v) is 7.75. The van der Waals surface area contributed by atoms with E-state index in [1.165, 1.54) is 0 Å². The number of hydrogen-bond donors (Lipinski definition) is 1. The summed E-state index contributed by atoms with van der Waals surface area (Å²) in [6.45, 7) is 3.88. The number of pyridine rings is 1. The molecule has 0 unspecified atom stereocenters. The number of nitrogens with zero attached hydrogens (tertiary/aromatic N) is 2. The van der Waals surface area contributed by atoms with Gasteiger partial charge < -0.3 is 10.2 Å². The van der Waals surface area contributed by atoms with Crippen LogP contribution >= 0.6 is 11.6 Å². The number of anilines is 2. The van der Waals surface area contributed by atoms with E-state index in [4.69, 9.17) is 11.6 Å². The zero-order valence-corrected chi connectivity index (χ0v) is 13.4. The molecule has 0 saturated carbocycles. The summed E-state index contributed by atoms with van der Waals surface area (Å²) in [6.07, 6.45) is 4.13. The second-order valence-corrected chi connectivity index (χ2v) is 5.43. The molecule has 1 aromatic carbocycles. The number of benzene rings is 1. The van der Waals surface area contributed by atoms with Crippen LogP contribution in [0.25, 0.3) is 0 Å². The van der Waals surface area contributed by atoms with Crippen molar-refractivity contribution in [3.05, 3.63) is 53.2 Å². The van der Waals surface area contributed by atoms with Crippen molar-refractivity contribution in [3.8, 4) is 0 Å². The van der Waals surface area contributed by atoms with Crippen LogP contribution in [-0.4, -0.2) is 18.6 Å². The van der Waals surface area contributed by atoms with Crippen molar-refractivity contribution in [1.82, 2.24) is 10.3 Å². The van der Waals surface area contributed by atoms with Crippen molar-refractivity contribution in [1.29, 1.82) is 0 Å². The van der Waals surface area contributed by atoms with Gasteiger partial charge in [0.05, 0.1) is 5.02 Å². The summed E-state index contributed by atoms with van der Waals surface area (Å²) in [7, 11) is 1.92. The quantitative estimate of drug-likeness (QED) is 0.822. The molecule has 0 fully saturated rings. The van der Waals surface area contributed by atoms with Crippen LogP contribution in [0.3, 0.4) is 0 Å². The van der Waals surface area contributed by atoms with Crippen LogP contribution in [-0.2, 0) is 6.54 Å². The van der Waals surface area contributed by atoms with E-state index in [0.717, 1.165) is 43.0 Å². The minimum absolute atomic E-state index is 0.697. The van der Waals surface area contributed by atoms with E-state index in [0.29, 0.717) is 5.02 Å². The highest BCUT2D eigenvalue weighted by Crippen LogP contribution is 2.30. The van der Waals surface area contributed by atoms with Crippen LogP contribution in [0.2, 0.25) is 5.02 Å². The Bertz CT molecular complexity index is 557. The standard InChI is InChI=1S/C17H22ClN3/c1-3-4-10-21(15-8-6-5-7-9-15)17-16(18)11-14(12-19-2)13-20-17/h5-9,11,13,19H,3-4,10,12H2,1-2H3. The van der Waals surface area contributed by atoms with Crippen LogP contribution in [0.5, 0.6) is 0 Å². The minimum Gasteiger partial charge on any atom is -0.325 e. The van der Waals surface area contributed by atoms with Crippen molar-refractivity contribution >= 4 is 23.1 Å². The first-order chi connectivity index (χ1) is 10.3. The number of nitrogens with one attached hydrogen (secondary N) is 1. The van der Waals surface area contributed by atoms with Gasteiger partial charge in [0.15, 0.2) is 5.82 Å². The van der Waals surface area contributed by atoms with Crippen LogP contribution in [0, 0.1) is 0 Å². The fourth-order valence-electron chi connectivity index (χ4n) is 2.25. The van der Waals surface area contributed by atoms with Gasteiger partial charge in [-0.25, -0.2) is 4.98 Å². The van der Waals surface area contributed by atoms with Crippen LogP contribution in [0.1, 0.15) is 25.3 Å². The number of halogens is 1. The van der Waals surface area contributed by atoms with Gasteiger partial charge in [0.25, 0.3) is 0 Å². The topological polar surface area (TPSA) is 28.2 Å². The summed E-state index contributed by atoms with van der Waals surface area (Å²) >= 11 is 6.46. The molecule has 4 heteroatoms. The molecule has 0 spiro atoms. The van der Waals surface area contributed by atoms with Crippen LogP contribution in [0.4, 0.5) is 11.5 Å². The average molecular weight is 304 g/mol. The second-order valence-electron chi connectivity index (χ2n) is 5.02. The monoisotopic (exact) mass is 303 g/mol. The van der Waals surface area contributed by atoms with Gasteiger partial charge in [0.1, 0.15) is 0 Å². The Morgan fingerprint density at radius 3 is 2.62 bits per heavy atom. The highest BCUT2D eigenvalue weighted by Gasteiger charge is 2.14. The van der Waals surface area contributed by atoms with Crippen LogP contribution < -0.4 is 10.2 Å². The molecule has 0 atom stereocenters. The third kappa shape index (κ3) is 4.19. The Morgan fingerprint density at radius 1 is 1.24 bits per heavy atom. The fourth-order valence-corrected chi connectivity index (χ4v) is 2.54. The van der Waals surface area contributed by atoms with Crippen molar-refractivity contribution < 1.29 is 0 Å². The molecular formula is C17H22ClN3. The van der Waals surface area contributed by atoms with E-state index >= 15 is 0 Å². The van der Waals surface area contributed by atoms with Gasteiger partial charge in [-0.05, 0) is 37.2 Å². The van der Waals surface area contributed by atoms with E-state index < -0.39 is 0 Å². The largest absolute Gasteiger partial charge is 0.325 e. The maximum absolute atomic E-state index is 6.46. The van der Waals surface area contributed by atoms with E-state index in [-0.39, 0.29) is 0 Å². The number of hydrogen-bond acceptors (Lipinski definition) is 3. The van der Waals surface area contributed by atoms with Gasteiger partial charge in [-0.3, -0.25) is 0 Å². The lowest BCUT2D eigenvalue weighted by Gasteiger charge is -2.25. The summed E-state index contributed by atoms with van der Waals surface area (Å²) < 4.78 is 0. The highest BCUT2D eigenvalue weighted by atomic mass is 35.5. The minimum atomic E-state index is 0.697. The molecule has 3 nitrogen and oxygen atoms in total. The summed E-state index contributed by atoms with van der Waals surface area (Å²) in [5.41, 5.74) is 2.22. The second kappa shape index (κ2) is 8.01. The predicted octanol–water partition coefficient (Wildman–Crippen LogP) is 4.39. The zero-order chi connectivity index (χ0) is 15.1. The molecule has 1 heterocycles. The lowest BCUT2D eigenvalue weighted by molar-refractivity contribution is 0.776. The lowest BCUT2D eigenvalue weighted by Crippen LogP contribution is -2.20. The molecule has 2 rings (SSSR count). The molecule has 0 aliphatic rings. The van der Waals surface area contributed by atoms with Crippen LogP contribution in [0.15, 0.2) is 42.6 Å².